The van der Waals surface area contributed by atoms with Crippen molar-refractivity contribution in [1.29, 1.82) is 0 Å². The van der Waals surface area contributed by atoms with Crippen LogP contribution < -0.4 is 5.32 Å². The molecule has 0 radical (unpaired) electrons. The highest BCUT2D eigenvalue weighted by molar-refractivity contribution is 5.76. The van der Waals surface area contributed by atoms with Gasteiger partial charge in [-0.15, -0.1) is 0 Å². The fraction of sp³-hybridized carbons (Fsp3) is 0.919. The second kappa shape index (κ2) is 58.2. The van der Waals surface area contributed by atoms with Crippen LogP contribution in [0.3, 0.4) is 0 Å². The first kappa shape index (κ1) is 64.9. The van der Waals surface area contributed by atoms with Crippen molar-refractivity contribution in [3.63, 3.8) is 0 Å². The van der Waals surface area contributed by atoms with Crippen molar-refractivity contribution in [3.05, 3.63) is 24.3 Å². The smallest absolute Gasteiger partial charge is 0.220 e. The molecule has 0 heterocycles. The van der Waals surface area contributed by atoms with Gasteiger partial charge in [-0.3, -0.25) is 4.79 Å². The second-order valence-electron chi connectivity index (χ2n) is 21.1. The van der Waals surface area contributed by atoms with Crippen LogP contribution in [0.4, 0.5) is 0 Å². The molecule has 0 aliphatic rings. The zero-order chi connectivity index (χ0) is 47.7. The monoisotopic (exact) mass is 928 g/mol. The molecular formula is C62H121NO3. The lowest BCUT2D eigenvalue weighted by atomic mass is 10.0. The normalized spacial score (nSPS) is 12.8. The largest absolute Gasteiger partial charge is 0.394 e. The molecule has 392 valence electrons. The molecule has 3 N–H and O–H groups in total. The number of aliphatic hydroxyl groups is 2. The molecule has 0 aliphatic heterocycles. The molecule has 4 nitrogen and oxygen atoms in total. The number of hydrogen-bond donors (Lipinski definition) is 3. The quantitative estimate of drug-likeness (QED) is 0.0420. The van der Waals surface area contributed by atoms with Gasteiger partial charge in [-0.2, -0.15) is 0 Å². The van der Waals surface area contributed by atoms with Gasteiger partial charge in [0.25, 0.3) is 0 Å². The van der Waals surface area contributed by atoms with E-state index in [4.69, 9.17) is 0 Å². The van der Waals surface area contributed by atoms with Gasteiger partial charge in [-0.1, -0.05) is 334 Å². The van der Waals surface area contributed by atoms with Gasteiger partial charge in [0.1, 0.15) is 0 Å². The summed E-state index contributed by atoms with van der Waals surface area (Å²) in [5.41, 5.74) is 0. The molecule has 0 spiro atoms. The fourth-order valence-electron chi connectivity index (χ4n) is 9.79. The molecule has 0 bridgehead atoms. The molecule has 0 rings (SSSR count). The number of amides is 1. The highest BCUT2D eigenvalue weighted by atomic mass is 16.3. The van der Waals surface area contributed by atoms with E-state index < -0.39 is 12.1 Å². The van der Waals surface area contributed by atoms with E-state index in [2.05, 4.69) is 31.3 Å². The summed E-state index contributed by atoms with van der Waals surface area (Å²) in [4.78, 5) is 12.5. The number of allylic oxidation sites excluding steroid dienone is 3. The van der Waals surface area contributed by atoms with Gasteiger partial charge in [0.05, 0.1) is 18.8 Å². The molecule has 66 heavy (non-hydrogen) atoms. The Morgan fingerprint density at radius 1 is 0.348 bits per heavy atom. The molecule has 0 saturated heterocycles. The van der Waals surface area contributed by atoms with E-state index >= 15 is 0 Å². The third-order valence-corrected chi connectivity index (χ3v) is 14.4. The van der Waals surface area contributed by atoms with Gasteiger partial charge in [0.15, 0.2) is 0 Å². The van der Waals surface area contributed by atoms with Gasteiger partial charge in [-0.05, 0) is 32.1 Å². The Morgan fingerprint density at radius 2 is 0.591 bits per heavy atom. The summed E-state index contributed by atoms with van der Waals surface area (Å²) in [5.74, 6) is -0.0663. The van der Waals surface area contributed by atoms with Crippen molar-refractivity contribution in [2.45, 2.75) is 360 Å². The first-order valence-electron chi connectivity index (χ1n) is 30.6. The van der Waals surface area contributed by atoms with Crippen molar-refractivity contribution >= 4 is 5.91 Å². The third kappa shape index (κ3) is 53.8. The molecule has 1 amide bonds. The summed E-state index contributed by atoms with van der Waals surface area (Å²) in [6.07, 6.45) is 78.1. The highest BCUT2D eigenvalue weighted by Crippen LogP contribution is 2.18. The molecule has 0 aliphatic carbocycles. The van der Waals surface area contributed by atoms with E-state index in [1.807, 2.05) is 6.08 Å². The second-order valence-corrected chi connectivity index (χ2v) is 21.1. The van der Waals surface area contributed by atoms with E-state index in [0.29, 0.717) is 6.42 Å². The zero-order valence-corrected chi connectivity index (χ0v) is 45.2. The minimum atomic E-state index is -0.859. The van der Waals surface area contributed by atoms with Crippen molar-refractivity contribution in [2.75, 3.05) is 6.61 Å². The van der Waals surface area contributed by atoms with Crippen LogP contribution in [0, 0.1) is 0 Å². The van der Waals surface area contributed by atoms with Crippen LogP contribution in [0.25, 0.3) is 0 Å². The van der Waals surface area contributed by atoms with Crippen molar-refractivity contribution < 1.29 is 15.0 Å². The van der Waals surface area contributed by atoms with E-state index in [-0.39, 0.29) is 12.5 Å². The zero-order valence-electron chi connectivity index (χ0n) is 45.2. The van der Waals surface area contributed by atoms with Crippen LogP contribution in [-0.4, -0.2) is 34.9 Å². The summed E-state index contributed by atoms with van der Waals surface area (Å²) in [6, 6.07) is -0.636. The first-order valence-corrected chi connectivity index (χ1v) is 30.6. The Balaban J connectivity index is 3.40. The Labute approximate surface area is 415 Å². The molecule has 2 unspecified atom stereocenters. The highest BCUT2D eigenvalue weighted by Gasteiger charge is 2.18. The van der Waals surface area contributed by atoms with Crippen molar-refractivity contribution in [1.82, 2.24) is 5.32 Å². The van der Waals surface area contributed by atoms with E-state index in [9.17, 15) is 15.0 Å². The number of hydrogen-bond acceptors (Lipinski definition) is 3. The molecule has 0 fully saturated rings. The lowest BCUT2D eigenvalue weighted by Gasteiger charge is -2.19. The van der Waals surface area contributed by atoms with E-state index in [0.717, 1.165) is 32.1 Å². The van der Waals surface area contributed by atoms with Gasteiger partial charge >= 0.3 is 0 Å². The molecule has 4 heteroatoms. The van der Waals surface area contributed by atoms with Crippen LogP contribution in [0.2, 0.25) is 0 Å². The van der Waals surface area contributed by atoms with Crippen molar-refractivity contribution in [3.8, 4) is 0 Å². The first-order chi connectivity index (χ1) is 32.7. The van der Waals surface area contributed by atoms with E-state index in [1.165, 1.54) is 295 Å². The summed E-state index contributed by atoms with van der Waals surface area (Å²) >= 11 is 0. The SMILES string of the molecule is CCCCCCCCCCCCCC/C=C/CC/C=C/C(O)C(CO)NC(=O)CCCCCCCCCCCCCCCCCCCCCCCCCCCCCCCCCCCCCC. The Morgan fingerprint density at radius 3 is 0.879 bits per heavy atom. The average molecular weight is 929 g/mol. The predicted octanol–water partition coefficient (Wildman–Crippen LogP) is 20.3. The van der Waals surface area contributed by atoms with Crippen LogP contribution >= 0.6 is 0 Å². The van der Waals surface area contributed by atoms with Crippen molar-refractivity contribution in [2.24, 2.45) is 0 Å². The minimum absolute atomic E-state index is 0.0663. The number of carbonyl (C=O) groups excluding carboxylic acids is 1. The molecule has 0 aromatic rings. The summed E-state index contributed by atoms with van der Waals surface area (Å²) in [7, 11) is 0. The van der Waals surface area contributed by atoms with Crippen LogP contribution in [0.1, 0.15) is 348 Å². The Bertz CT molecular complexity index is 963. The number of nitrogens with one attached hydrogen (secondary N) is 1. The maximum Gasteiger partial charge on any atom is 0.220 e. The lowest BCUT2D eigenvalue weighted by Crippen LogP contribution is -2.45. The summed E-state index contributed by atoms with van der Waals surface area (Å²) < 4.78 is 0. The maximum absolute atomic E-state index is 12.5. The summed E-state index contributed by atoms with van der Waals surface area (Å²) in [6.45, 7) is 4.34. The standard InChI is InChI=1S/C62H121NO3/c1-3-5-7-9-11-13-15-17-19-21-23-24-25-26-27-28-29-30-31-32-33-34-35-36-37-38-39-40-42-44-46-48-50-52-54-56-58-62(66)63-60(59-64)61(65)57-55-53-51-49-47-45-43-41-22-20-18-16-14-12-10-8-6-4-2/h47,49,55,57,60-61,64-65H,3-46,48,50-54,56,58-59H2,1-2H3,(H,63,66)/b49-47+,57-55+. The number of unbranched alkanes of at least 4 members (excludes halogenated alkanes) is 48. The van der Waals surface area contributed by atoms with Crippen LogP contribution in [-0.2, 0) is 4.79 Å². The molecule has 0 saturated carbocycles. The number of carbonyl (C=O) groups is 1. The Hall–Kier alpha value is -1.13. The third-order valence-electron chi connectivity index (χ3n) is 14.4. The van der Waals surface area contributed by atoms with Gasteiger partial charge in [0.2, 0.25) is 5.91 Å². The average Bonchev–Trinajstić information content (AvgIpc) is 3.32. The molecule has 2 atom stereocenters. The van der Waals surface area contributed by atoms with Gasteiger partial charge in [-0.25, -0.2) is 0 Å². The van der Waals surface area contributed by atoms with Gasteiger partial charge < -0.3 is 15.5 Å². The number of rotatable bonds is 57. The van der Waals surface area contributed by atoms with Crippen LogP contribution in [0.15, 0.2) is 24.3 Å². The number of aliphatic hydroxyl groups excluding tert-OH is 2. The predicted molar refractivity (Wildman–Crippen MR) is 295 cm³/mol. The summed E-state index contributed by atoms with van der Waals surface area (Å²) in [5, 5.41) is 23.1. The minimum Gasteiger partial charge on any atom is -0.394 e. The maximum atomic E-state index is 12.5. The van der Waals surface area contributed by atoms with Gasteiger partial charge in [0, 0.05) is 6.42 Å². The van der Waals surface area contributed by atoms with Crippen LogP contribution in [0.5, 0.6) is 0 Å². The topological polar surface area (TPSA) is 69.6 Å². The Kier molecular flexibility index (Phi) is 57.2. The molecule has 0 aromatic carbocycles. The lowest BCUT2D eigenvalue weighted by molar-refractivity contribution is -0.123. The molecular weight excluding hydrogens is 807 g/mol. The fourth-order valence-corrected chi connectivity index (χ4v) is 9.79. The molecule has 0 aromatic heterocycles. The van der Waals surface area contributed by atoms with E-state index in [1.54, 1.807) is 6.08 Å².